The first-order valence-electron chi connectivity index (χ1n) is 12.5. The van der Waals surface area contributed by atoms with Crippen molar-refractivity contribution in [2.45, 2.75) is 72.5 Å². The fourth-order valence-electron chi connectivity index (χ4n) is 4.33. The van der Waals surface area contributed by atoms with Crippen molar-refractivity contribution in [1.29, 1.82) is 0 Å². The molecule has 0 fully saturated rings. The molecule has 0 aliphatic rings. The fraction of sp³-hybridized carbons (Fsp3) is 0.355. The molecule has 3 aromatic rings. The van der Waals surface area contributed by atoms with Crippen LogP contribution in [0.4, 0.5) is 0 Å². The van der Waals surface area contributed by atoms with Gasteiger partial charge in [0.1, 0.15) is 6.04 Å². The molecule has 0 saturated carbocycles. The van der Waals surface area contributed by atoms with Crippen LogP contribution in [-0.2, 0) is 29.0 Å². The molecule has 3 rings (SSSR count). The Morgan fingerprint density at radius 2 is 1.43 bits per heavy atom. The molecule has 35 heavy (non-hydrogen) atoms. The lowest BCUT2D eigenvalue weighted by Gasteiger charge is -2.32. The van der Waals surface area contributed by atoms with Crippen molar-refractivity contribution in [3.63, 3.8) is 0 Å². The quantitative estimate of drug-likeness (QED) is 0.413. The predicted octanol–water partition coefficient (Wildman–Crippen LogP) is 5.71. The van der Waals surface area contributed by atoms with Crippen LogP contribution in [-0.4, -0.2) is 28.8 Å². The minimum atomic E-state index is -0.605. The highest BCUT2D eigenvalue weighted by Gasteiger charge is 2.31. The Balaban J connectivity index is 1.98. The summed E-state index contributed by atoms with van der Waals surface area (Å²) < 4.78 is 0. The summed E-state index contributed by atoms with van der Waals surface area (Å²) in [6.45, 7) is 10.6. The molecule has 0 bridgehead atoms. The largest absolute Gasteiger partial charge is 0.352 e. The van der Waals surface area contributed by atoms with E-state index >= 15 is 0 Å². The highest BCUT2D eigenvalue weighted by molar-refractivity contribution is 5.89. The lowest BCUT2D eigenvalue weighted by molar-refractivity contribution is -0.141. The van der Waals surface area contributed by atoms with Gasteiger partial charge in [0, 0.05) is 19.0 Å². The Labute approximate surface area is 210 Å². The van der Waals surface area contributed by atoms with Gasteiger partial charge in [-0.05, 0) is 50.8 Å². The van der Waals surface area contributed by atoms with Crippen molar-refractivity contribution < 1.29 is 9.59 Å². The van der Waals surface area contributed by atoms with E-state index in [1.165, 1.54) is 0 Å². The van der Waals surface area contributed by atoms with E-state index < -0.39 is 6.04 Å². The van der Waals surface area contributed by atoms with Crippen molar-refractivity contribution >= 4 is 11.8 Å². The molecule has 3 aromatic carbocycles. The van der Waals surface area contributed by atoms with Crippen molar-refractivity contribution in [2.75, 3.05) is 0 Å². The third-order valence-electron chi connectivity index (χ3n) is 6.38. The molecule has 4 heteroatoms. The van der Waals surface area contributed by atoms with Crippen molar-refractivity contribution in [3.8, 4) is 0 Å². The van der Waals surface area contributed by atoms with E-state index in [-0.39, 0.29) is 24.3 Å². The van der Waals surface area contributed by atoms with Crippen molar-refractivity contribution in [2.24, 2.45) is 0 Å². The summed E-state index contributed by atoms with van der Waals surface area (Å²) in [6, 6.07) is 23.8. The molecule has 0 radical (unpaired) electrons. The highest BCUT2D eigenvalue weighted by atomic mass is 16.2. The number of aryl methyl sites for hydroxylation is 3. The Morgan fingerprint density at radius 1 is 0.800 bits per heavy atom. The average Bonchev–Trinajstić information content (AvgIpc) is 2.82. The van der Waals surface area contributed by atoms with E-state index in [9.17, 15) is 9.59 Å². The van der Waals surface area contributed by atoms with Crippen LogP contribution in [0.5, 0.6) is 0 Å². The van der Waals surface area contributed by atoms with Gasteiger partial charge in [-0.1, -0.05) is 96.4 Å². The molecule has 2 atom stereocenters. The molecule has 2 amide bonds. The van der Waals surface area contributed by atoms with Crippen LogP contribution in [0.25, 0.3) is 0 Å². The average molecular weight is 471 g/mol. The van der Waals surface area contributed by atoms with E-state index in [1.807, 2.05) is 89.2 Å². The van der Waals surface area contributed by atoms with Gasteiger partial charge >= 0.3 is 0 Å². The van der Waals surface area contributed by atoms with Gasteiger partial charge < -0.3 is 10.2 Å². The van der Waals surface area contributed by atoms with Gasteiger partial charge in [-0.15, -0.1) is 0 Å². The Hall–Kier alpha value is -3.40. The minimum Gasteiger partial charge on any atom is -0.352 e. The number of hydrogen-bond acceptors (Lipinski definition) is 2. The summed E-state index contributed by atoms with van der Waals surface area (Å²) in [6.07, 6.45) is 1.56. The molecule has 1 N–H and O–H groups in total. The molecular formula is C31H38N2O2. The number of carbonyl (C=O) groups excluding carboxylic acids is 2. The number of nitrogens with one attached hydrogen (secondary N) is 1. The van der Waals surface area contributed by atoms with Crippen LogP contribution >= 0.6 is 0 Å². The van der Waals surface area contributed by atoms with Gasteiger partial charge in [0.05, 0.1) is 6.42 Å². The number of amides is 2. The summed E-state index contributed by atoms with van der Waals surface area (Å²) >= 11 is 0. The van der Waals surface area contributed by atoms with Crippen molar-refractivity contribution in [1.82, 2.24) is 10.2 Å². The number of carbonyl (C=O) groups is 2. The maximum Gasteiger partial charge on any atom is 0.243 e. The number of nitrogens with zero attached hydrogens (tertiary/aromatic N) is 1. The van der Waals surface area contributed by atoms with Gasteiger partial charge in [0.2, 0.25) is 11.8 Å². The second-order valence-electron chi connectivity index (χ2n) is 9.70. The normalized spacial score (nSPS) is 12.6. The van der Waals surface area contributed by atoms with Crippen LogP contribution in [0.15, 0.2) is 72.8 Å². The highest BCUT2D eigenvalue weighted by Crippen LogP contribution is 2.18. The monoisotopic (exact) mass is 470 g/mol. The maximum absolute atomic E-state index is 13.8. The molecule has 0 unspecified atom stereocenters. The van der Waals surface area contributed by atoms with Gasteiger partial charge in [-0.3, -0.25) is 9.59 Å². The molecule has 0 aliphatic heterocycles. The molecule has 184 valence electrons. The first-order chi connectivity index (χ1) is 16.7. The van der Waals surface area contributed by atoms with E-state index in [0.29, 0.717) is 13.0 Å². The topological polar surface area (TPSA) is 49.4 Å². The number of hydrogen-bond donors (Lipinski definition) is 1. The zero-order valence-electron chi connectivity index (χ0n) is 21.7. The summed E-state index contributed by atoms with van der Waals surface area (Å²) in [7, 11) is 0. The summed E-state index contributed by atoms with van der Waals surface area (Å²) in [5.41, 5.74) is 6.45. The van der Waals surface area contributed by atoms with Gasteiger partial charge in [-0.2, -0.15) is 0 Å². The van der Waals surface area contributed by atoms with Crippen LogP contribution < -0.4 is 5.32 Å². The van der Waals surface area contributed by atoms with Crippen LogP contribution in [0.3, 0.4) is 0 Å². The van der Waals surface area contributed by atoms with Crippen LogP contribution in [0.2, 0.25) is 0 Å². The van der Waals surface area contributed by atoms with Gasteiger partial charge in [0.15, 0.2) is 0 Å². The lowest BCUT2D eigenvalue weighted by atomic mass is 10.00. The number of rotatable bonds is 10. The standard InChI is InChI=1S/C31H38N2O2/c1-6-25(5)32-31(35)29(19-26-10-8-7-9-11-26)33(21-27-14-12-22(2)13-15-27)30(34)20-28-17-23(3)16-24(4)18-28/h7-18,25,29H,6,19-21H2,1-5H3,(H,32,35)/t25-,29+/m0/s1. The Bertz CT molecular complexity index is 1100. The summed E-state index contributed by atoms with van der Waals surface area (Å²) in [5, 5.41) is 3.13. The molecular weight excluding hydrogens is 432 g/mol. The summed E-state index contributed by atoms with van der Waals surface area (Å²) in [5.74, 6) is -0.153. The first-order valence-corrected chi connectivity index (χ1v) is 12.5. The maximum atomic E-state index is 13.8. The van der Waals surface area contributed by atoms with E-state index in [1.54, 1.807) is 4.90 Å². The zero-order chi connectivity index (χ0) is 25.4. The Morgan fingerprint density at radius 3 is 2.03 bits per heavy atom. The zero-order valence-corrected chi connectivity index (χ0v) is 21.7. The van der Waals surface area contributed by atoms with E-state index in [0.717, 1.165) is 39.8 Å². The van der Waals surface area contributed by atoms with Crippen LogP contribution in [0.1, 0.15) is 53.6 Å². The van der Waals surface area contributed by atoms with Crippen molar-refractivity contribution in [3.05, 3.63) is 106 Å². The fourth-order valence-corrected chi connectivity index (χ4v) is 4.33. The second kappa shape index (κ2) is 12.3. The SMILES string of the molecule is CC[C@H](C)NC(=O)[C@@H](Cc1ccccc1)N(Cc1ccc(C)cc1)C(=O)Cc1cc(C)cc(C)c1. The van der Waals surface area contributed by atoms with Gasteiger partial charge in [0.25, 0.3) is 0 Å². The molecule has 0 heterocycles. The molecule has 0 saturated heterocycles. The molecule has 0 aliphatic carbocycles. The molecule has 0 spiro atoms. The summed E-state index contributed by atoms with van der Waals surface area (Å²) in [4.78, 5) is 29.2. The minimum absolute atomic E-state index is 0.0384. The third-order valence-corrected chi connectivity index (χ3v) is 6.38. The first kappa shape index (κ1) is 26.2. The van der Waals surface area contributed by atoms with Gasteiger partial charge in [-0.25, -0.2) is 0 Å². The predicted molar refractivity (Wildman–Crippen MR) is 143 cm³/mol. The number of benzene rings is 3. The van der Waals surface area contributed by atoms with Crippen LogP contribution in [0, 0.1) is 20.8 Å². The molecule has 0 aromatic heterocycles. The van der Waals surface area contributed by atoms with E-state index in [4.69, 9.17) is 0 Å². The van der Waals surface area contributed by atoms with E-state index in [2.05, 4.69) is 23.5 Å². The second-order valence-corrected chi connectivity index (χ2v) is 9.70. The molecule has 4 nitrogen and oxygen atoms in total. The third kappa shape index (κ3) is 7.81. The smallest absolute Gasteiger partial charge is 0.243 e. The Kier molecular flexibility index (Phi) is 9.25. The lowest BCUT2D eigenvalue weighted by Crippen LogP contribution is -2.52.